The fourth-order valence-corrected chi connectivity index (χ4v) is 1.81. The minimum atomic E-state index is -0.253. The molecule has 0 saturated carbocycles. The molecule has 82 valence electrons. The molecule has 1 fully saturated rings. The summed E-state index contributed by atoms with van der Waals surface area (Å²) in [6.07, 6.45) is 3.57. The first-order valence-electron chi connectivity index (χ1n) is 5.11. The predicted octanol–water partition coefficient (Wildman–Crippen LogP) is 0.902. The molecule has 1 aliphatic heterocycles. The molecular formula is C10H15N3O2. The second-order valence-electron chi connectivity index (χ2n) is 3.68. The Bertz CT molecular complexity index is 408. The van der Waals surface area contributed by atoms with Gasteiger partial charge in [0.1, 0.15) is 12.0 Å². The van der Waals surface area contributed by atoms with E-state index in [4.69, 9.17) is 4.74 Å². The summed E-state index contributed by atoms with van der Waals surface area (Å²) >= 11 is 0. The molecule has 0 aliphatic carbocycles. The van der Waals surface area contributed by atoms with Gasteiger partial charge in [0.25, 0.3) is 0 Å². The van der Waals surface area contributed by atoms with Crippen molar-refractivity contribution in [3.8, 4) is 0 Å². The minimum absolute atomic E-state index is 0.130. The smallest absolute Gasteiger partial charge is 0.351 e. The molecule has 2 heterocycles. The van der Waals surface area contributed by atoms with Gasteiger partial charge in [0.2, 0.25) is 0 Å². The van der Waals surface area contributed by atoms with Gasteiger partial charge in [-0.3, -0.25) is 4.57 Å². The van der Waals surface area contributed by atoms with Crippen LogP contribution in [0.1, 0.15) is 24.6 Å². The third-order valence-electron chi connectivity index (χ3n) is 2.59. The lowest BCUT2D eigenvalue weighted by molar-refractivity contribution is 0.0526. The minimum Gasteiger partial charge on any atom is -0.373 e. The number of aromatic nitrogens is 2. The number of ether oxygens (including phenoxy) is 1. The first-order valence-corrected chi connectivity index (χ1v) is 5.11. The van der Waals surface area contributed by atoms with Crippen molar-refractivity contribution in [3.63, 3.8) is 0 Å². The van der Waals surface area contributed by atoms with Crippen LogP contribution in [0.25, 0.3) is 0 Å². The van der Waals surface area contributed by atoms with Crippen molar-refractivity contribution in [3.05, 3.63) is 22.2 Å². The van der Waals surface area contributed by atoms with Gasteiger partial charge in [-0.1, -0.05) is 0 Å². The standard InChI is InChI=1S/C10H15N3O2/c1-7-6-13(8-4-3-5-15-8)10(14)12-9(7)11-2/h6,8H,3-5H2,1-2H3,(H,11,12,14)/t8-/m1/s1. The van der Waals surface area contributed by atoms with Crippen molar-refractivity contribution in [1.82, 2.24) is 9.55 Å². The molecule has 1 aromatic rings. The van der Waals surface area contributed by atoms with Gasteiger partial charge >= 0.3 is 5.69 Å². The van der Waals surface area contributed by atoms with Crippen LogP contribution in [0, 0.1) is 6.92 Å². The quantitative estimate of drug-likeness (QED) is 0.786. The van der Waals surface area contributed by atoms with Crippen molar-refractivity contribution in [2.75, 3.05) is 19.0 Å². The Morgan fingerprint density at radius 3 is 3.07 bits per heavy atom. The lowest BCUT2D eigenvalue weighted by atomic mass is 10.3. The van der Waals surface area contributed by atoms with E-state index in [0.29, 0.717) is 5.82 Å². The van der Waals surface area contributed by atoms with Gasteiger partial charge in [0.05, 0.1) is 0 Å². The van der Waals surface area contributed by atoms with Crippen LogP contribution in [-0.2, 0) is 4.74 Å². The van der Waals surface area contributed by atoms with Crippen LogP contribution in [0.2, 0.25) is 0 Å². The maximum atomic E-state index is 11.7. The molecule has 0 radical (unpaired) electrons. The highest BCUT2D eigenvalue weighted by Crippen LogP contribution is 2.21. The van der Waals surface area contributed by atoms with E-state index in [2.05, 4.69) is 10.3 Å². The Morgan fingerprint density at radius 2 is 2.47 bits per heavy atom. The maximum Gasteiger partial charge on any atom is 0.351 e. The average Bonchev–Trinajstić information content (AvgIpc) is 2.74. The number of nitrogens with zero attached hydrogens (tertiary/aromatic N) is 2. The van der Waals surface area contributed by atoms with E-state index in [1.807, 2.05) is 6.92 Å². The van der Waals surface area contributed by atoms with E-state index in [-0.39, 0.29) is 11.9 Å². The number of hydrogen-bond donors (Lipinski definition) is 1. The van der Waals surface area contributed by atoms with E-state index in [0.717, 1.165) is 25.0 Å². The summed E-state index contributed by atoms with van der Waals surface area (Å²) in [5.74, 6) is 0.634. The molecule has 0 amide bonds. The number of rotatable bonds is 2. The van der Waals surface area contributed by atoms with Gasteiger partial charge in [-0.15, -0.1) is 0 Å². The second-order valence-corrected chi connectivity index (χ2v) is 3.68. The zero-order chi connectivity index (χ0) is 10.8. The van der Waals surface area contributed by atoms with E-state index < -0.39 is 0 Å². The van der Waals surface area contributed by atoms with Crippen LogP contribution in [0.4, 0.5) is 5.82 Å². The van der Waals surface area contributed by atoms with E-state index in [1.165, 1.54) is 0 Å². The molecule has 0 spiro atoms. The molecule has 1 N–H and O–H groups in total. The molecule has 0 aromatic carbocycles. The zero-order valence-corrected chi connectivity index (χ0v) is 8.99. The van der Waals surface area contributed by atoms with Gasteiger partial charge in [-0.05, 0) is 19.8 Å². The van der Waals surface area contributed by atoms with Crippen LogP contribution in [0.5, 0.6) is 0 Å². The monoisotopic (exact) mass is 209 g/mol. The largest absolute Gasteiger partial charge is 0.373 e. The van der Waals surface area contributed by atoms with E-state index >= 15 is 0 Å². The molecule has 1 aliphatic rings. The Labute approximate surface area is 88.1 Å². The summed E-state index contributed by atoms with van der Waals surface area (Å²) in [7, 11) is 1.76. The normalized spacial score (nSPS) is 20.5. The Balaban J connectivity index is 2.40. The first-order chi connectivity index (χ1) is 7.22. The van der Waals surface area contributed by atoms with Crippen molar-refractivity contribution in [2.24, 2.45) is 0 Å². The van der Waals surface area contributed by atoms with Crippen molar-refractivity contribution >= 4 is 5.82 Å². The predicted molar refractivity (Wildman–Crippen MR) is 57.0 cm³/mol. The lowest BCUT2D eigenvalue weighted by Gasteiger charge is -2.14. The first kappa shape index (κ1) is 10.2. The Hall–Kier alpha value is -1.36. The highest BCUT2D eigenvalue weighted by Gasteiger charge is 2.19. The van der Waals surface area contributed by atoms with Gasteiger partial charge < -0.3 is 10.1 Å². The summed E-state index contributed by atoms with van der Waals surface area (Å²) in [6.45, 7) is 2.65. The number of anilines is 1. The van der Waals surface area contributed by atoms with Gasteiger partial charge in [-0.25, -0.2) is 4.79 Å². The average molecular weight is 209 g/mol. The summed E-state index contributed by atoms with van der Waals surface area (Å²) in [5, 5.41) is 2.89. The van der Waals surface area contributed by atoms with E-state index in [1.54, 1.807) is 17.8 Å². The fraction of sp³-hybridized carbons (Fsp3) is 0.600. The number of hydrogen-bond acceptors (Lipinski definition) is 4. The Kier molecular flexibility index (Phi) is 2.73. The molecular weight excluding hydrogens is 194 g/mol. The van der Waals surface area contributed by atoms with Crippen molar-refractivity contribution in [2.45, 2.75) is 26.0 Å². The third-order valence-corrected chi connectivity index (χ3v) is 2.59. The topological polar surface area (TPSA) is 56.2 Å². The molecule has 0 unspecified atom stereocenters. The molecule has 2 rings (SSSR count). The number of aryl methyl sites for hydroxylation is 1. The Morgan fingerprint density at radius 1 is 1.67 bits per heavy atom. The van der Waals surface area contributed by atoms with Gasteiger partial charge in [-0.2, -0.15) is 4.98 Å². The SMILES string of the molecule is CNc1nc(=O)n([C@H]2CCCO2)cc1C. The summed E-state index contributed by atoms with van der Waals surface area (Å²) in [5.41, 5.74) is 0.699. The number of nitrogens with one attached hydrogen (secondary N) is 1. The van der Waals surface area contributed by atoms with Crippen molar-refractivity contribution < 1.29 is 4.74 Å². The van der Waals surface area contributed by atoms with Crippen LogP contribution < -0.4 is 11.0 Å². The van der Waals surface area contributed by atoms with Gasteiger partial charge in [0, 0.05) is 25.4 Å². The molecule has 1 atom stereocenters. The molecule has 5 heteroatoms. The fourth-order valence-electron chi connectivity index (χ4n) is 1.81. The van der Waals surface area contributed by atoms with Crippen LogP contribution in [-0.4, -0.2) is 23.2 Å². The van der Waals surface area contributed by atoms with Crippen LogP contribution >= 0.6 is 0 Å². The lowest BCUT2D eigenvalue weighted by Crippen LogP contribution is -2.27. The molecule has 0 bridgehead atoms. The third kappa shape index (κ3) is 1.87. The summed E-state index contributed by atoms with van der Waals surface area (Å²) in [4.78, 5) is 15.6. The highest BCUT2D eigenvalue weighted by molar-refractivity contribution is 5.40. The molecule has 15 heavy (non-hydrogen) atoms. The van der Waals surface area contributed by atoms with Gasteiger partial charge in [0.15, 0.2) is 0 Å². The van der Waals surface area contributed by atoms with Crippen LogP contribution in [0.15, 0.2) is 11.0 Å². The highest BCUT2D eigenvalue weighted by atomic mass is 16.5. The summed E-state index contributed by atoms with van der Waals surface area (Å²) < 4.78 is 7.02. The second kappa shape index (κ2) is 4.02. The van der Waals surface area contributed by atoms with Crippen LogP contribution in [0.3, 0.4) is 0 Å². The van der Waals surface area contributed by atoms with Crippen molar-refractivity contribution in [1.29, 1.82) is 0 Å². The summed E-state index contributed by atoms with van der Waals surface area (Å²) in [6, 6.07) is 0. The molecule has 1 saturated heterocycles. The molecule has 1 aromatic heterocycles. The maximum absolute atomic E-state index is 11.7. The molecule has 5 nitrogen and oxygen atoms in total. The van der Waals surface area contributed by atoms with E-state index in [9.17, 15) is 4.79 Å². The zero-order valence-electron chi connectivity index (χ0n) is 8.99.